The van der Waals surface area contributed by atoms with Gasteiger partial charge in [-0.15, -0.1) is 0 Å². The van der Waals surface area contributed by atoms with Crippen molar-refractivity contribution in [3.05, 3.63) is 0 Å². The van der Waals surface area contributed by atoms with Gasteiger partial charge in [0.15, 0.2) is 0 Å². The van der Waals surface area contributed by atoms with E-state index in [-0.39, 0.29) is 18.9 Å². The van der Waals surface area contributed by atoms with Crippen LogP contribution in [-0.4, -0.2) is 19.5 Å². The van der Waals surface area contributed by atoms with Crippen LogP contribution in [0, 0.1) is 5.92 Å². The lowest BCUT2D eigenvalue weighted by atomic mass is 9.93. The molecule has 0 spiro atoms. The Kier molecular flexibility index (Phi) is 4.79. The van der Waals surface area contributed by atoms with E-state index in [9.17, 15) is 8.78 Å². The van der Waals surface area contributed by atoms with E-state index in [0.29, 0.717) is 0 Å². The Balaban J connectivity index is 2.33. The standard InChI is InChI=1S/C11H21F2N/c1-14-9-11(12,13)8-10-6-4-2-3-5-7-10/h10,14H,2-9H2,1H3. The molecule has 0 aromatic heterocycles. The number of hydrogen-bond acceptors (Lipinski definition) is 1. The van der Waals surface area contributed by atoms with Gasteiger partial charge in [0.1, 0.15) is 0 Å². The number of alkyl halides is 2. The van der Waals surface area contributed by atoms with Crippen LogP contribution in [0.5, 0.6) is 0 Å². The fourth-order valence-electron chi connectivity index (χ4n) is 2.32. The van der Waals surface area contributed by atoms with Crippen LogP contribution in [0.2, 0.25) is 0 Å². The van der Waals surface area contributed by atoms with Crippen LogP contribution in [0.15, 0.2) is 0 Å². The summed E-state index contributed by atoms with van der Waals surface area (Å²) in [5.41, 5.74) is 0. The lowest BCUT2D eigenvalue weighted by Gasteiger charge is -2.21. The maximum atomic E-state index is 13.3. The fraction of sp³-hybridized carbons (Fsp3) is 1.00. The van der Waals surface area contributed by atoms with Crippen molar-refractivity contribution in [2.75, 3.05) is 13.6 Å². The third-order valence-electron chi connectivity index (χ3n) is 3.00. The minimum atomic E-state index is -2.51. The maximum absolute atomic E-state index is 13.3. The summed E-state index contributed by atoms with van der Waals surface area (Å²) in [6.45, 7) is -0.177. The summed E-state index contributed by atoms with van der Waals surface area (Å²) in [5, 5.41) is 2.56. The Bertz CT molecular complexity index is 151. The molecule has 1 fully saturated rings. The Labute approximate surface area is 85.3 Å². The Morgan fingerprint density at radius 3 is 2.21 bits per heavy atom. The van der Waals surface area contributed by atoms with Gasteiger partial charge in [-0.05, 0) is 13.0 Å². The monoisotopic (exact) mass is 205 g/mol. The normalized spacial score (nSPS) is 20.8. The third kappa shape index (κ3) is 4.36. The molecular formula is C11H21F2N. The molecule has 1 saturated carbocycles. The third-order valence-corrected chi connectivity index (χ3v) is 3.00. The highest BCUT2D eigenvalue weighted by atomic mass is 19.3. The van der Waals surface area contributed by atoms with Crippen molar-refractivity contribution >= 4 is 0 Å². The summed E-state index contributed by atoms with van der Waals surface area (Å²) in [7, 11) is 1.58. The molecule has 84 valence electrons. The van der Waals surface area contributed by atoms with Crippen LogP contribution in [0.1, 0.15) is 44.9 Å². The number of hydrogen-bond donors (Lipinski definition) is 1. The summed E-state index contributed by atoms with van der Waals surface area (Å²) in [6.07, 6.45) is 6.81. The zero-order chi connectivity index (χ0) is 10.4. The van der Waals surface area contributed by atoms with Gasteiger partial charge in [0, 0.05) is 6.42 Å². The lowest BCUT2D eigenvalue weighted by molar-refractivity contribution is -0.0217. The van der Waals surface area contributed by atoms with Gasteiger partial charge < -0.3 is 5.32 Å². The zero-order valence-corrected chi connectivity index (χ0v) is 8.99. The molecule has 0 saturated heterocycles. The highest BCUT2D eigenvalue weighted by Gasteiger charge is 2.31. The second-order valence-corrected chi connectivity index (χ2v) is 4.45. The van der Waals surface area contributed by atoms with E-state index in [1.54, 1.807) is 7.05 Å². The molecule has 0 amide bonds. The van der Waals surface area contributed by atoms with Gasteiger partial charge >= 0.3 is 0 Å². The number of halogens is 2. The fourth-order valence-corrected chi connectivity index (χ4v) is 2.32. The molecule has 0 aliphatic heterocycles. The van der Waals surface area contributed by atoms with Crippen LogP contribution in [0.25, 0.3) is 0 Å². The predicted molar refractivity (Wildman–Crippen MR) is 54.7 cm³/mol. The van der Waals surface area contributed by atoms with E-state index in [1.807, 2.05) is 0 Å². The molecular weight excluding hydrogens is 184 g/mol. The van der Waals surface area contributed by atoms with Crippen molar-refractivity contribution in [3.63, 3.8) is 0 Å². The van der Waals surface area contributed by atoms with E-state index >= 15 is 0 Å². The summed E-state index contributed by atoms with van der Waals surface area (Å²) >= 11 is 0. The summed E-state index contributed by atoms with van der Waals surface area (Å²) in [4.78, 5) is 0. The second-order valence-electron chi connectivity index (χ2n) is 4.45. The first-order chi connectivity index (χ1) is 6.64. The topological polar surface area (TPSA) is 12.0 Å². The van der Waals surface area contributed by atoms with Crippen LogP contribution in [-0.2, 0) is 0 Å². The average Bonchev–Trinajstić information content (AvgIpc) is 2.31. The van der Waals surface area contributed by atoms with Crippen molar-refractivity contribution in [2.45, 2.75) is 50.9 Å². The molecule has 1 rings (SSSR count). The summed E-state index contributed by atoms with van der Waals surface area (Å²) < 4.78 is 26.6. The second kappa shape index (κ2) is 5.64. The van der Waals surface area contributed by atoms with Gasteiger partial charge in [-0.2, -0.15) is 0 Å². The summed E-state index contributed by atoms with van der Waals surface area (Å²) in [6, 6.07) is 0. The average molecular weight is 205 g/mol. The van der Waals surface area contributed by atoms with Crippen molar-refractivity contribution < 1.29 is 8.78 Å². The molecule has 1 nitrogen and oxygen atoms in total. The van der Waals surface area contributed by atoms with Crippen molar-refractivity contribution in [1.82, 2.24) is 5.32 Å². The van der Waals surface area contributed by atoms with Crippen LogP contribution >= 0.6 is 0 Å². The van der Waals surface area contributed by atoms with Gasteiger partial charge in [-0.3, -0.25) is 0 Å². The Morgan fingerprint density at radius 1 is 1.14 bits per heavy atom. The highest BCUT2D eigenvalue weighted by Crippen LogP contribution is 2.32. The van der Waals surface area contributed by atoms with E-state index in [0.717, 1.165) is 25.7 Å². The molecule has 0 heterocycles. The summed E-state index contributed by atoms with van der Waals surface area (Å²) in [5.74, 6) is -2.26. The molecule has 1 aliphatic rings. The molecule has 0 unspecified atom stereocenters. The number of rotatable bonds is 4. The van der Waals surface area contributed by atoms with E-state index in [2.05, 4.69) is 5.32 Å². The molecule has 0 radical (unpaired) electrons. The molecule has 1 aliphatic carbocycles. The Morgan fingerprint density at radius 2 is 1.71 bits per heavy atom. The van der Waals surface area contributed by atoms with Crippen molar-refractivity contribution in [2.24, 2.45) is 5.92 Å². The van der Waals surface area contributed by atoms with Crippen molar-refractivity contribution in [1.29, 1.82) is 0 Å². The van der Waals surface area contributed by atoms with Gasteiger partial charge in [-0.25, -0.2) is 8.78 Å². The molecule has 14 heavy (non-hydrogen) atoms. The van der Waals surface area contributed by atoms with Crippen LogP contribution in [0.3, 0.4) is 0 Å². The minimum Gasteiger partial charge on any atom is -0.314 e. The number of nitrogens with one attached hydrogen (secondary N) is 1. The van der Waals surface area contributed by atoms with Crippen LogP contribution < -0.4 is 5.32 Å². The first-order valence-electron chi connectivity index (χ1n) is 5.66. The molecule has 1 N–H and O–H groups in total. The molecule has 0 aromatic rings. The van der Waals surface area contributed by atoms with Crippen molar-refractivity contribution in [3.8, 4) is 0 Å². The minimum absolute atomic E-state index is 0.0772. The van der Waals surface area contributed by atoms with Gasteiger partial charge in [0.2, 0.25) is 0 Å². The SMILES string of the molecule is CNCC(F)(F)CC1CCCCCC1. The quantitative estimate of drug-likeness (QED) is 0.695. The first kappa shape index (κ1) is 11.9. The smallest absolute Gasteiger partial charge is 0.260 e. The highest BCUT2D eigenvalue weighted by molar-refractivity contribution is 4.75. The van der Waals surface area contributed by atoms with Crippen LogP contribution in [0.4, 0.5) is 8.78 Å². The zero-order valence-electron chi connectivity index (χ0n) is 8.99. The van der Waals surface area contributed by atoms with E-state index in [4.69, 9.17) is 0 Å². The first-order valence-corrected chi connectivity index (χ1v) is 5.66. The Hall–Kier alpha value is -0.180. The largest absolute Gasteiger partial charge is 0.314 e. The van der Waals surface area contributed by atoms with Gasteiger partial charge in [0.25, 0.3) is 5.92 Å². The lowest BCUT2D eigenvalue weighted by Crippen LogP contribution is -2.32. The van der Waals surface area contributed by atoms with E-state index < -0.39 is 5.92 Å². The molecule has 3 heteroatoms. The molecule has 0 atom stereocenters. The molecule has 0 bridgehead atoms. The van der Waals surface area contributed by atoms with Gasteiger partial charge in [0.05, 0.1) is 6.54 Å². The maximum Gasteiger partial charge on any atom is 0.260 e. The molecule has 0 aromatic carbocycles. The van der Waals surface area contributed by atoms with Gasteiger partial charge in [-0.1, -0.05) is 38.5 Å². The van der Waals surface area contributed by atoms with E-state index in [1.165, 1.54) is 12.8 Å². The predicted octanol–water partition coefficient (Wildman–Crippen LogP) is 3.20.